The molecule has 1 fully saturated rings. The molecule has 2 rings (SSSR count). The summed E-state index contributed by atoms with van der Waals surface area (Å²) < 4.78 is 24.5. The Labute approximate surface area is 174 Å². The van der Waals surface area contributed by atoms with Crippen molar-refractivity contribution in [3.05, 3.63) is 27.8 Å². The lowest BCUT2D eigenvalue weighted by molar-refractivity contribution is -0.386. The normalized spacial score (nSPS) is 16.4. The lowest BCUT2D eigenvalue weighted by Crippen LogP contribution is -2.56. The van der Waals surface area contributed by atoms with E-state index in [4.69, 9.17) is 18.9 Å². The van der Waals surface area contributed by atoms with E-state index in [1.54, 1.807) is 6.07 Å². The molecule has 1 atom stereocenters. The van der Waals surface area contributed by atoms with E-state index in [0.29, 0.717) is 29.2 Å². The smallest absolute Gasteiger partial charge is 0.278 e. The van der Waals surface area contributed by atoms with Crippen molar-refractivity contribution in [3.63, 3.8) is 0 Å². The Bertz CT molecular complexity index is 679. The van der Waals surface area contributed by atoms with Gasteiger partial charge in [0, 0.05) is 19.7 Å². The van der Waals surface area contributed by atoms with E-state index >= 15 is 0 Å². The van der Waals surface area contributed by atoms with Crippen molar-refractivity contribution >= 4 is 13.9 Å². The van der Waals surface area contributed by atoms with Gasteiger partial charge >= 0.3 is 0 Å². The average molecular weight is 427 g/mol. The van der Waals surface area contributed by atoms with Gasteiger partial charge in [0.15, 0.2) is 11.5 Å². The van der Waals surface area contributed by atoms with Crippen LogP contribution in [0.1, 0.15) is 25.3 Å². The van der Waals surface area contributed by atoms with Gasteiger partial charge in [-0.3, -0.25) is 10.1 Å². The molecule has 1 aromatic rings. The minimum Gasteiger partial charge on any atom is -0.493 e. The Morgan fingerprint density at radius 3 is 2.38 bits per heavy atom. The highest BCUT2D eigenvalue weighted by Gasteiger charge is 2.37. The number of methoxy groups -OCH3 is 2. The van der Waals surface area contributed by atoms with Crippen LogP contribution in [0.25, 0.3) is 0 Å². The third-order valence-corrected chi connectivity index (χ3v) is 10.7. The molecule has 8 nitrogen and oxygen atoms in total. The van der Waals surface area contributed by atoms with Crippen LogP contribution in [0.2, 0.25) is 18.6 Å². The zero-order chi connectivity index (χ0) is 21.4. The molecule has 29 heavy (non-hydrogen) atoms. The van der Waals surface area contributed by atoms with Gasteiger partial charge in [-0.1, -0.05) is 26.4 Å². The first kappa shape index (κ1) is 23.6. The van der Waals surface area contributed by atoms with Crippen LogP contribution in [-0.2, 0) is 16.1 Å². The number of rotatable bonds is 11. The number of ether oxygens (including phenoxy) is 4. The van der Waals surface area contributed by atoms with Crippen molar-refractivity contribution in [1.82, 2.24) is 4.57 Å². The fraction of sp³-hybridized carbons (Fsp3) is 0.700. The van der Waals surface area contributed by atoms with Gasteiger partial charge in [0.05, 0.1) is 50.6 Å². The summed E-state index contributed by atoms with van der Waals surface area (Å²) >= 11 is 0. The van der Waals surface area contributed by atoms with Crippen LogP contribution in [0.15, 0.2) is 12.1 Å². The number of nitro benzene ring substituents is 1. The summed E-state index contributed by atoms with van der Waals surface area (Å²) in [5.74, 6) is 0.802. The van der Waals surface area contributed by atoms with E-state index in [1.807, 2.05) is 0 Å². The molecule has 0 radical (unpaired) electrons. The monoisotopic (exact) mass is 426 g/mol. The summed E-state index contributed by atoms with van der Waals surface area (Å²) in [5.41, 5.74) is 1.07. The summed E-state index contributed by atoms with van der Waals surface area (Å²) in [6.07, 6.45) is 2.06. The van der Waals surface area contributed by atoms with E-state index in [2.05, 4.69) is 24.6 Å². The predicted molar refractivity (Wildman–Crippen MR) is 114 cm³/mol. The molecule has 0 saturated carbocycles. The molecule has 0 aliphatic carbocycles. The van der Waals surface area contributed by atoms with Crippen molar-refractivity contribution in [1.29, 1.82) is 0 Å². The van der Waals surface area contributed by atoms with E-state index in [-0.39, 0.29) is 12.3 Å². The van der Waals surface area contributed by atoms with Crippen molar-refractivity contribution in [2.24, 2.45) is 0 Å². The number of hydrogen-bond acceptors (Lipinski definition) is 7. The molecule has 0 N–H and O–H groups in total. The fourth-order valence-corrected chi connectivity index (χ4v) is 7.73. The molecule has 1 saturated heterocycles. The van der Waals surface area contributed by atoms with Gasteiger partial charge in [-0.25, -0.2) is 0 Å². The first-order valence-electron chi connectivity index (χ1n) is 10.1. The van der Waals surface area contributed by atoms with E-state index in [1.165, 1.54) is 20.3 Å². The molecular weight excluding hydrogens is 392 g/mol. The zero-order valence-corrected chi connectivity index (χ0v) is 19.2. The lowest BCUT2D eigenvalue weighted by atomic mass is 10.1. The van der Waals surface area contributed by atoms with Crippen molar-refractivity contribution in [2.75, 3.05) is 47.1 Å². The molecule has 9 heteroatoms. The van der Waals surface area contributed by atoms with Gasteiger partial charge in [0.25, 0.3) is 5.69 Å². The molecule has 0 aromatic heterocycles. The average Bonchev–Trinajstić information content (AvgIpc) is 2.73. The molecule has 0 amide bonds. The second kappa shape index (κ2) is 10.9. The van der Waals surface area contributed by atoms with Crippen molar-refractivity contribution < 1.29 is 23.9 Å². The topological polar surface area (TPSA) is 83.3 Å². The Hall–Kier alpha value is -1.68. The predicted octanol–water partition coefficient (Wildman–Crippen LogP) is 3.84. The molecular formula is C20H34N2O6Si. The first-order valence-corrected chi connectivity index (χ1v) is 13.2. The number of nitrogens with zero attached hydrogens (tertiary/aromatic N) is 2. The first-order chi connectivity index (χ1) is 13.8. The zero-order valence-electron chi connectivity index (χ0n) is 18.2. The Morgan fingerprint density at radius 1 is 1.21 bits per heavy atom. The highest BCUT2D eigenvalue weighted by atomic mass is 28.3. The van der Waals surface area contributed by atoms with Crippen LogP contribution in [-0.4, -0.2) is 64.9 Å². The quantitative estimate of drug-likeness (QED) is 0.230. The largest absolute Gasteiger partial charge is 0.493 e. The number of hydrogen-bond donors (Lipinski definition) is 0. The SMILES string of the molecule is CCC(CCOCc1cc(OC)c(OC)cc1[N+](=O)[O-])[Si](C)(C)N1CCOCC1. The highest BCUT2D eigenvalue weighted by molar-refractivity contribution is 6.76. The minimum absolute atomic E-state index is 0.0160. The molecule has 1 aromatic carbocycles. The van der Waals surface area contributed by atoms with E-state index in [0.717, 1.165) is 39.1 Å². The second-order valence-electron chi connectivity index (χ2n) is 7.79. The van der Waals surface area contributed by atoms with Crippen LogP contribution in [0.5, 0.6) is 11.5 Å². The van der Waals surface area contributed by atoms with Crippen LogP contribution < -0.4 is 9.47 Å². The third-order valence-electron chi connectivity index (χ3n) is 5.97. The molecule has 0 bridgehead atoms. The number of morpholine rings is 1. The van der Waals surface area contributed by atoms with Gasteiger partial charge < -0.3 is 23.5 Å². The highest BCUT2D eigenvalue weighted by Crippen LogP contribution is 2.35. The maximum atomic E-state index is 11.4. The van der Waals surface area contributed by atoms with Crippen molar-refractivity contribution in [3.8, 4) is 11.5 Å². The summed E-state index contributed by atoms with van der Waals surface area (Å²) in [6, 6.07) is 3.02. The van der Waals surface area contributed by atoms with Crippen LogP contribution in [0, 0.1) is 10.1 Å². The minimum atomic E-state index is -1.59. The van der Waals surface area contributed by atoms with Crippen LogP contribution in [0.4, 0.5) is 5.69 Å². The van der Waals surface area contributed by atoms with Gasteiger partial charge in [-0.2, -0.15) is 0 Å². The van der Waals surface area contributed by atoms with Crippen LogP contribution in [0.3, 0.4) is 0 Å². The van der Waals surface area contributed by atoms with Crippen LogP contribution >= 0.6 is 0 Å². The maximum Gasteiger partial charge on any atom is 0.278 e. The van der Waals surface area contributed by atoms with Gasteiger partial charge in [0.2, 0.25) is 0 Å². The molecule has 1 aliphatic heterocycles. The Kier molecular flexibility index (Phi) is 8.88. The van der Waals surface area contributed by atoms with Gasteiger partial charge in [0.1, 0.15) is 8.24 Å². The molecule has 0 spiro atoms. The Morgan fingerprint density at radius 2 is 1.83 bits per heavy atom. The number of nitro groups is 1. The molecule has 1 aliphatic rings. The standard InChI is InChI=1S/C20H34N2O6Si/c1-6-17(29(4,5)21-8-11-27-12-9-21)7-10-28-15-16-13-19(25-2)20(26-3)14-18(16)22(23)24/h13-14,17H,6-12,15H2,1-5H3. The summed E-state index contributed by atoms with van der Waals surface area (Å²) in [6.45, 7) is 11.5. The summed E-state index contributed by atoms with van der Waals surface area (Å²) in [5, 5.41) is 11.4. The molecule has 1 heterocycles. The maximum absolute atomic E-state index is 11.4. The second-order valence-corrected chi connectivity index (χ2v) is 12.5. The lowest BCUT2D eigenvalue weighted by Gasteiger charge is -2.44. The summed E-state index contributed by atoms with van der Waals surface area (Å²) in [7, 11) is 1.38. The van der Waals surface area contributed by atoms with Gasteiger partial charge in [-0.05, 0) is 18.0 Å². The fourth-order valence-electron chi connectivity index (χ4n) is 4.06. The van der Waals surface area contributed by atoms with E-state index < -0.39 is 13.2 Å². The third kappa shape index (κ3) is 5.91. The van der Waals surface area contributed by atoms with E-state index in [9.17, 15) is 10.1 Å². The van der Waals surface area contributed by atoms with Crippen molar-refractivity contribution in [2.45, 2.75) is 45.0 Å². The van der Waals surface area contributed by atoms with Gasteiger partial charge in [-0.15, -0.1) is 0 Å². The number of benzene rings is 1. The summed E-state index contributed by atoms with van der Waals surface area (Å²) in [4.78, 5) is 11.0. The Balaban J connectivity index is 1.98. The molecule has 1 unspecified atom stereocenters. The molecule has 164 valence electrons.